The number of aromatic nitrogens is 2. The molecule has 1 N–H and O–H groups in total. The smallest absolute Gasteiger partial charge is 0.410 e. The van der Waals surface area contributed by atoms with Crippen LogP contribution in [0.5, 0.6) is 0 Å². The van der Waals surface area contributed by atoms with Crippen LogP contribution in [0.4, 0.5) is 4.79 Å². The number of nitrogens with one attached hydrogen (secondary N) is 1. The van der Waals surface area contributed by atoms with Crippen molar-refractivity contribution < 1.29 is 14.3 Å². The summed E-state index contributed by atoms with van der Waals surface area (Å²) in [6, 6.07) is 2.39. The SMILES string of the molecule is C=C.CC.CNC1CC(C)N(C(=O)OC)C1COC1CCC2(c3ncc(C#N)cn3)CC2C1. The summed E-state index contributed by atoms with van der Waals surface area (Å²) in [4.78, 5) is 22.9. The fourth-order valence-corrected chi connectivity index (χ4v) is 5.35. The molecule has 8 heteroatoms. The molecule has 1 aromatic heterocycles. The van der Waals surface area contributed by atoms with E-state index in [2.05, 4.69) is 41.4 Å². The topological polar surface area (TPSA) is 100 Å². The lowest BCUT2D eigenvalue weighted by atomic mass is 9.86. The molecule has 0 spiro atoms. The van der Waals surface area contributed by atoms with Gasteiger partial charge in [-0.25, -0.2) is 14.8 Å². The van der Waals surface area contributed by atoms with E-state index in [1.807, 2.05) is 25.8 Å². The summed E-state index contributed by atoms with van der Waals surface area (Å²) in [6.07, 6.45) is 8.10. The minimum Gasteiger partial charge on any atom is -0.453 e. The van der Waals surface area contributed by atoms with Gasteiger partial charge in [-0.05, 0) is 52.0 Å². The van der Waals surface area contributed by atoms with Gasteiger partial charge in [-0.1, -0.05) is 13.8 Å². The molecule has 182 valence electrons. The van der Waals surface area contributed by atoms with Gasteiger partial charge >= 0.3 is 6.09 Å². The molecule has 1 saturated heterocycles. The number of hydrogen-bond acceptors (Lipinski definition) is 7. The summed E-state index contributed by atoms with van der Waals surface area (Å²) >= 11 is 0. The van der Waals surface area contributed by atoms with E-state index in [1.54, 1.807) is 12.4 Å². The number of rotatable bonds is 5. The van der Waals surface area contributed by atoms with Crippen molar-refractivity contribution in [1.82, 2.24) is 20.2 Å². The molecule has 4 rings (SSSR count). The van der Waals surface area contributed by atoms with Crippen molar-refractivity contribution in [1.29, 1.82) is 5.26 Å². The van der Waals surface area contributed by atoms with E-state index < -0.39 is 0 Å². The van der Waals surface area contributed by atoms with Crippen molar-refractivity contribution in [3.63, 3.8) is 0 Å². The molecule has 1 aromatic rings. The Morgan fingerprint density at radius 2 is 2.00 bits per heavy atom. The van der Waals surface area contributed by atoms with Gasteiger partial charge in [0.05, 0.1) is 31.4 Å². The van der Waals surface area contributed by atoms with Crippen LogP contribution in [0.2, 0.25) is 0 Å². The van der Waals surface area contributed by atoms with E-state index in [1.165, 1.54) is 7.11 Å². The van der Waals surface area contributed by atoms with E-state index >= 15 is 0 Å². The lowest BCUT2D eigenvalue weighted by Gasteiger charge is -2.32. The molecule has 2 saturated carbocycles. The molecule has 6 atom stereocenters. The molecule has 3 fully saturated rings. The van der Waals surface area contributed by atoms with Gasteiger partial charge < -0.3 is 14.8 Å². The van der Waals surface area contributed by atoms with Crippen LogP contribution in [0.3, 0.4) is 0 Å². The number of ether oxygens (including phenoxy) is 2. The summed E-state index contributed by atoms with van der Waals surface area (Å²) in [5, 5.41) is 12.3. The van der Waals surface area contributed by atoms with Crippen molar-refractivity contribution in [2.24, 2.45) is 5.92 Å². The summed E-state index contributed by atoms with van der Waals surface area (Å²) in [7, 11) is 3.36. The number of fused-ring (bicyclic) bond motifs is 1. The van der Waals surface area contributed by atoms with Crippen LogP contribution in [0.15, 0.2) is 25.6 Å². The van der Waals surface area contributed by atoms with Gasteiger partial charge in [0.15, 0.2) is 0 Å². The zero-order chi connectivity index (χ0) is 24.6. The Labute approximate surface area is 198 Å². The highest BCUT2D eigenvalue weighted by Gasteiger charge is 2.60. The van der Waals surface area contributed by atoms with E-state index in [-0.39, 0.29) is 35.7 Å². The molecule has 3 aliphatic rings. The Balaban J connectivity index is 0.000000914. The van der Waals surface area contributed by atoms with Gasteiger partial charge in [0, 0.05) is 29.9 Å². The number of nitriles is 1. The van der Waals surface area contributed by atoms with Crippen molar-refractivity contribution in [3.8, 4) is 6.07 Å². The minimum atomic E-state index is -0.285. The van der Waals surface area contributed by atoms with Gasteiger partial charge in [0.1, 0.15) is 11.9 Å². The van der Waals surface area contributed by atoms with E-state index in [9.17, 15) is 4.79 Å². The van der Waals surface area contributed by atoms with Crippen LogP contribution >= 0.6 is 0 Å². The van der Waals surface area contributed by atoms with E-state index in [4.69, 9.17) is 14.7 Å². The first-order chi connectivity index (χ1) is 16.0. The highest BCUT2D eigenvalue weighted by molar-refractivity contribution is 5.69. The van der Waals surface area contributed by atoms with Crippen LogP contribution < -0.4 is 5.32 Å². The maximum absolute atomic E-state index is 12.2. The zero-order valence-electron chi connectivity index (χ0n) is 20.7. The molecule has 33 heavy (non-hydrogen) atoms. The van der Waals surface area contributed by atoms with Crippen molar-refractivity contribution in [3.05, 3.63) is 36.9 Å². The molecule has 0 bridgehead atoms. The summed E-state index contributed by atoms with van der Waals surface area (Å²) in [6.45, 7) is 12.6. The third-order valence-corrected chi connectivity index (χ3v) is 7.07. The number of likely N-dealkylation sites (tertiary alicyclic amines) is 1. The number of nitrogens with zero attached hydrogens (tertiary/aromatic N) is 4. The fourth-order valence-electron chi connectivity index (χ4n) is 5.35. The van der Waals surface area contributed by atoms with Crippen molar-refractivity contribution in [2.75, 3.05) is 20.8 Å². The second-order valence-electron chi connectivity index (χ2n) is 8.62. The minimum absolute atomic E-state index is 0.0183. The molecule has 0 aromatic carbocycles. The predicted octanol–water partition coefficient (Wildman–Crippen LogP) is 3.82. The lowest BCUT2D eigenvalue weighted by Crippen LogP contribution is -2.48. The molecular formula is C25H39N5O3. The second kappa shape index (κ2) is 12.1. The fraction of sp³-hybridized carbons (Fsp3) is 0.680. The predicted molar refractivity (Wildman–Crippen MR) is 128 cm³/mol. The molecule has 0 radical (unpaired) electrons. The molecule has 8 nitrogen and oxygen atoms in total. The normalized spacial score (nSPS) is 31.6. The summed E-state index contributed by atoms with van der Waals surface area (Å²) in [5.74, 6) is 1.41. The number of likely N-dealkylation sites (N-methyl/N-ethyl adjacent to an activating group) is 1. The van der Waals surface area contributed by atoms with E-state index in [0.29, 0.717) is 18.1 Å². The van der Waals surface area contributed by atoms with Gasteiger partial charge in [-0.2, -0.15) is 5.26 Å². The molecule has 1 amide bonds. The second-order valence-corrected chi connectivity index (χ2v) is 8.62. The molecule has 6 unspecified atom stereocenters. The molecule has 2 aliphatic carbocycles. The maximum Gasteiger partial charge on any atom is 0.410 e. The number of carbonyl (C=O) groups excluding carboxylic acids is 1. The number of carbonyl (C=O) groups is 1. The first kappa shape index (κ1) is 26.7. The first-order valence-corrected chi connectivity index (χ1v) is 11.9. The Kier molecular flexibility index (Phi) is 9.81. The van der Waals surface area contributed by atoms with Crippen LogP contribution in [0.1, 0.15) is 64.3 Å². The van der Waals surface area contributed by atoms with Gasteiger partial charge in [-0.15, -0.1) is 13.2 Å². The van der Waals surface area contributed by atoms with Crippen LogP contribution in [0.25, 0.3) is 0 Å². The largest absolute Gasteiger partial charge is 0.453 e. The lowest BCUT2D eigenvalue weighted by molar-refractivity contribution is -0.0109. The quantitative estimate of drug-likeness (QED) is 0.671. The van der Waals surface area contributed by atoms with E-state index in [0.717, 1.165) is 37.9 Å². The summed E-state index contributed by atoms with van der Waals surface area (Å²) < 4.78 is 11.3. The number of amides is 1. The zero-order valence-corrected chi connectivity index (χ0v) is 20.7. The summed E-state index contributed by atoms with van der Waals surface area (Å²) in [5.41, 5.74) is 0.570. The monoisotopic (exact) mass is 457 g/mol. The molecule has 2 heterocycles. The highest BCUT2D eigenvalue weighted by atomic mass is 16.5. The molecule has 1 aliphatic heterocycles. The Morgan fingerprint density at radius 3 is 2.55 bits per heavy atom. The third-order valence-electron chi connectivity index (χ3n) is 7.07. The van der Waals surface area contributed by atoms with Gasteiger partial charge in [0.25, 0.3) is 0 Å². The van der Waals surface area contributed by atoms with Crippen molar-refractivity contribution in [2.45, 2.75) is 82.5 Å². The van der Waals surface area contributed by atoms with Gasteiger partial charge in [0.2, 0.25) is 0 Å². The number of methoxy groups -OCH3 is 1. The average Bonchev–Trinajstić information content (AvgIpc) is 3.53. The highest BCUT2D eigenvalue weighted by Crippen LogP contribution is 2.61. The number of hydrogen-bond donors (Lipinski definition) is 1. The Morgan fingerprint density at radius 1 is 1.33 bits per heavy atom. The Hall–Kier alpha value is -2.50. The maximum atomic E-state index is 12.2. The average molecular weight is 458 g/mol. The van der Waals surface area contributed by atoms with Crippen LogP contribution in [-0.2, 0) is 14.9 Å². The standard InChI is InChI=1S/C21H29N5O3.C2H6.C2H4/c1-13-6-17(23-2)18(26(13)20(27)28-3)12-29-16-4-5-21(8-15(21)7-16)19-24-10-14(9-22)11-25-19;2*1-2/h10-11,13,15-18,23H,4-8,12H2,1-3H3;1-2H3;1-2H2. The van der Waals surface area contributed by atoms with Gasteiger partial charge in [-0.3, -0.25) is 4.90 Å². The molecular weight excluding hydrogens is 418 g/mol. The van der Waals surface area contributed by atoms with Crippen LogP contribution in [0, 0.1) is 17.2 Å². The van der Waals surface area contributed by atoms with Crippen molar-refractivity contribution >= 4 is 6.09 Å². The third kappa shape index (κ3) is 5.53. The van der Waals surface area contributed by atoms with Crippen LogP contribution in [-0.4, -0.2) is 66.0 Å². The Bertz CT molecular complexity index is 811. The first-order valence-electron chi connectivity index (χ1n) is 11.9.